The predicted molar refractivity (Wildman–Crippen MR) is 141 cm³/mol. The van der Waals surface area contributed by atoms with Crippen molar-refractivity contribution in [3.05, 3.63) is 93.5 Å². The molecule has 1 aliphatic carbocycles. The molecular weight excluding hydrogens is 494 g/mol. The van der Waals surface area contributed by atoms with E-state index in [4.69, 9.17) is 16.6 Å². The third-order valence-electron chi connectivity index (χ3n) is 6.73. The molecule has 1 amide bonds. The van der Waals surface area contributed by atoms with Crippen LogP contribution in [0.4, 0.5) is 0 Å². The maximum Gasteiger partial charge on any atom is 0.313 e. The van der Waals surface area contributed by atoms with Gasteiger partial charge in [0.15, 0.2) is 0 Å². The number of carbonyl (C=O) groups excluding carboxylic acids is 1. The third-order valence-corrected chi connectivity index (χ3v) is 8.05. The fourth-order valence-electron chi connectivity index (χ4n) is 5.03. The van der Waals surface area contributed by atoms with Gasteiger partial charge in [-0.05, 0) is 72.2 Å². The van der Waals surface area contributed by atoms with Crippen molar-refractivity contribution in [3.63, 3.8) is 0 Å². The van der Waals surface area contributed by atoms with Crippen molar-refractivity contribution < 1.29 is 14.7 Å². The highest BCUT2D eigenvalue weighted by atomic mass is 35.5. The Balaban J connectivity index is 1.48. The van der Waals surface area contributed by atoms with Gasteiger partial charge in [0.2, 0.25) is 5.91 Å². The van der Waals surface area contributed by atoms with E-state index in [1.54, 1.807) is 18.6 Å². The van der Waals surface area contributed by atoms with Crippen LogP contribution >= 0.6 is 23.4 Å². The van der Waals surface area contributed by atoms with Crippen molar-refractivity contribution in [2.45, 2.75) is 37.0 Å². The zero-order valence-corrected chi connectivity index (χ0v) is 21.3. The summed E-state index contributed by atoms with van der Waals surface area (Å²) in [6.45, 7) is 1.31. The minimum atomic E-state index is -0.837. The van der Waals surface area contributed by atoms with Crippen LogP contribution in [0.1, 0.15) is 40.8 Å². The Kier molecular flexibility index (Phi) is 7.39. The summed E-state index contributed by atoms with van der Waals surface area (Å²) in [5.41, 5.74) is 7.64. The first kappa shape index (κ1) is 24.5. The molecule has 2 aromatic heterocycles. The van der Waals surface area contributed by atoms with E-state index in [-0.39, 0.29) is 11.7 Å². The molecule has 0 atom stereocenters. The number of amides is 1. The lowest BCUT2D eigenvalue weighted by Crippen LogP contribution is -2.37. The highest BCUT2D eigenvalue weighted by Crippen LogP contribution is 2.41. The summed E-state index contributed by atoms with van der Waals surface area (Å²) in [6.07, 6.45) is 8.70. The molecule has 0 radical (unpaired) electrons. The van der Waals surface area contributed by atoms with Crippen LogP contribution in [0.5, 0.6) is 0 Å². The van der Waals surface area contributed by atoms with Gasteiger partial charge >= 0.3 is 5.97 Å². The van der Waals surface area contributed by atoms with E-state index in [1.165, 1.54) is 22.9 Å². The van der Waals surface area contributed by atoms with E-state index in [9.17, 15) is 14.7 Å². The Bertz CT molecular complexity index is 1330. The Morgan fingerprint density at radius 1 is 1.06 bits per heavy atom. The Hall–Kier alpha value is -3.16. The normalized spacial score (nSPS) is 15.2. The Labute approximate surface area is 219 Å². The molecule has 0 bridgehead atoms. The van der Waals surface area contributed by atoms with Crippen molar-refractivity contribution in [2.75, 3.05) is 18.8 Å². The number of carbonyl (C=O) groups is 2. The number of rotatable bonds is 5. The highest BCUT2D eigenvalue weighted by Gasteiger charge is 2.28. The molecule has 1 saturated heterocycles. The van der Waals surface area contributed by atoms with Crippen molar-refractivity contribution in [2.24, 2.45) is 0 Å². The minimum absolute atomic E-state index is 0.00907. The smallest absolute Gasteiger partial charge is 0.313 e. The maximum absolute atomic E-state index is 12.9. The molecule has 8 heteroatoms. The van der Waals surface area contributed by atoms with E-state index in [0.717, 1.165) is 58.5 Å². The van der Waals surface area contributed by atoms with Gasteiger partial charge in [-0.3, -0.25) is 19.6 Å². The number of benzene rings is 1. The monoisotopic (exact) mass is 519 g/mol. The molecule has 184 valence electrons. The molecule has 1 aliphatic heterocycles. The molecule has 1 aromatic carbocycles. The van der Waals surface area contributed by atoms with Crippen LogP contribution in [-0.2, 0) is 28.9 Å². The molecule has 0 saturated carbocycles. The molecule has 3 aromatic rings. The fourth-order valence-corrected chi connectivity index (χ4v) is 6.03. The summed E-state index contributed by atoms with van der Waals surface area (Å²) in [5.74, 6) is -0.711. The number of aromatic nitrogens is 2. The first-order valence-corrected chi connectivity index (χ1v) is 13.4. The Morgan fingerprint density at radius 3 is 2.64 bits per heavy atom. The molecule has 1 N–H and O–H groups in total. The van der Waals surface area contributed by atoms with Crippen LogP contribution in [0.25, 0.3) is 5.57 Å². The number of carboxylic acids is 1. The quantitative estimate of drug-likeness (QED) is 0.474. The van der Waals surface area contributed by atoms with Gasteiger partial charge in [0.25, 0.3) is 0 Å². The average Bonchev–Trinajstić information content (AvgIpc) is 3.05. The van der Waals surface area contributed by atoms with Crippen LogP contribution < -0.4 is 0 Å². The lowest BCUT2D eigenvalue weighted by Gasteiger charge is -2.30. The van der Waals surface area contributed by atoms with Crippen LogP contribution in [0.2, 0.25) is 5.02 Å². The molecule has 6 nitrogen and oxygen atoms in total. The van der Waals surface area contributed by atoms with Gasteiger partial charge in [-0.25, -0.2) is 0 Å². The van der Waals surface area contributed by atoms with Crippen molar-refractivity contribution in [1.29, 1.82) is 0 Å². The van der Waals surface area contributed by atoms with E-state index >= 15 is 0 Å². The number of carboxylic acid groups (broad SMARTS) is 1. The largest absolute Gasteiger partial charge is 0.481 e. The number of pyridine rings is 2. The maximum atomic E-state index is 12.9. The van der Waals surface area contributed by atoms with Crippen molar-refractivity contribution >= 4 is 40.8 Å². The van der Waals surface area contributed by atoms with Crippen LogP contribution in [0, 0.1) is 0 Å². The number of halogens is 1. The zero-order valence-electron chi connectivity index (χ0n) is 19.7. The summed E-state index contributed by atoms with van der Waals surface area (Å²) in [4.78, 5) is 36.0. The minimum Gasteiger partial charge on any atom is -0.481 e. The molecule has 5 rings (SSSR count). The number of aryl methyl sites for hydroxylation is 1. The molecule has 0 spiro atoms. The molecule has 2 aliphatic rings. The zero-order chi connectivity index (χ0) is 25.1. The topological polar surface area (TPSA) is 83.4 Å². The summed E-state index contributed by atoms with van der Waals surface area (Å²) < 4.78 is 0. The van der Waals surface area contributed by atoms with E-state index in [2.05, 4.69) is 11.1 Å². The first-order valence-electron chi connectivity index (χ1n) is 12.0. The standard InChI is InChI=1S/C28H26ClN3O3S/c29-21-4-6-22-20(15-21)3-5-23-24(36-17-26(34)35)7-11-31-28(23)27(22)19-8-12-32(13-9-19)25(33)14-18-2-1-10-30-16-18/h1-2,4,6-7,10-11,15-16H,3,5,8-9,12-14,17H2,(H,34,35). The number of thioether (sulfide) groups is 1. The number of fused-ring (bicyclic) bond motifs is 2. The van der Waals surface area contributed by atoms with Crippen molar-refractivity contribution in [3.8, 4) is 0 Å². The molecule has 0 unspecified atom stereocenters. The second-order valence-electron chi connectivity index (χ2n) is 9.02. The number of likely N-dealkylation sites (tertiary alicyclic amines) is 1. The number of nitrogens with zero attached hydrogens (tertiary/aromatic N) is 3. The van der Waals surface area contributed by atoms with Gasteiger partial charge in [0, 0.05) is 47.2 Å². The fraction of sp³-hybridized carbons (Fsp3) is 0.286. The molecule has 1 fully saturated rings. The lowest BCUT2D eigenvalue weighted by atomic mass is 9.88. The van der Waals surface area contributed by atoms with Gasteiger partial charge in [-0.2, -0.15) is 0 Å². The van der Waals surface area contributed by atoms with Gasteiger partial charge in [0.1, 0.15) is 0 Å². The molecule has 36 heavy (non-hydrogen) atoms. The number of hydrogen-bond donors (Lipinski definition) is 1. The van der Waals surface area contributed by atoms with Crippen LogP contribution in [0.3, 0.4) is 0 Å². The number of hydrogen-bond acceptors (Lipinski definition) is 5. The third kappa shape index (κ3) is 5.32. The predicted octanol–water partition coefficient (Wildman–Crippen LogP) is 5.07. The van der Waals surface area contributed by atoms with E-state index in [1.807, 2.05) is 35.2 Å². The first-order chi connectivity index (χ1) is 17.5. The molecular formula is C28H26ClN3O3S. The van der Waals surface area contributed by atoms with Gasteiger partial charge < -0.3 is 10.0 Å². The molecule has 3 heterocycles. The number of piperidine rings is 1. The highest BCUT2D eigenvalue weighted by molar-refractivity contribution is 8.00. The van der Waals surface area contributed by atoms with Crippen LogP contribution in [-0.4, -0.2) is 50.7 Å². The summed E-state index contributed by atoms with van der Waals surface area (Å²) in [5, 5.41) is 9.93. The van der Waals surface area contributed by atoms with Gasteiger partial charge in [-0.15, -0.1) is 11.8 Å². The second kappa shape index (κ2) is 10.8. The lowest BCUT2D eigenvalue weighted by molar-refractivity contribution is -0.134. The summed E-state index contributed by atoms with van der Waals surface area (Å²) >= 11 is 7.70. The van der Waals surface area contributed by atoms with Crippen molar-refractivity contribution in [1.82, 2.24) is 14.9 Å². The average molecular weight is 520 g/mol. The van der Waals surface area contributed by atoms with Crippen LogP contribution in [0.15, 0.2) is 65.5 Å². The van der Waals surface area contributed by atoms with Gasteiger partial charge in [-0.1, -0.05) is 29.3 Å². The number of aliphatic carboxylic acids is 1. The van der Waals surface area contributed by atoms with Gasteiger partial charge in [0.05, 0.1) is 17.9 Å². The summed E-state index contributed by atoms with van der Waals surface area (Å²) in [6, 6.07) is 11.7. The Morgan fingerprint density at radius 2 is 1.89 bits per heavy atom. The summed E-state index contributed by atoms with van der Waals surface area (Å²) in [7, 11) is 0. The van der Waals surface area contributed by atoms with E-state index < -0.39 is 5.97 Å². The SMILES string of the molecule is O=C(O)CSc1ccnc2c1CCc1cc(Cl)ccc1C2=C1CCN(C(=O)Cc2cccnc2)CC1. The van der Waals surface area contributed by atoms with E-state index in [0.29, 0.717) is 24.5 Å². The second-order valence-corrected chi connectivity index (χ2v) is 10.5.